The fourth-order valence-corrected chi connectivity index (χ4v) is 4.86. The average Bonchev–Trinajstić information content (AvgIpc) is 3.31. The number of carbonyl (C=O) groups excluding carboxylic acids is 1. The molecule has 0 saturated carbocycles. The molecule has 1 aliphatic rings. The number of halogens is 4. The summed E-state index contributed by atoms with van der Waals surface area (Å²) in [6.45, 7) is 5.86. The molecule has 0 radical (unpaired) electrons. The Bertz CT molecular complexity index is 1490. The van der Waals surface area contributed by atoms with Crippen molar-refractivity contribution >= 4 is 22.5 Å². The van der Waals surface area contributed by atoms with Gasteiger partial charge in [-0.1, -0.05) is 36.9 Å². The average molecular weight is 538 g/mol. The monoisotopic (exact) mass is 537 g/mol. The van der Waals surface area contributed by atoms with Crippen LogP contribution in [0.25, 0.3) is 10.9 Å². The SMILES string of the molecule is C=CCOc1cccc2c1cc(C(=O)N1CCN(c3cccc(C(F)(F)F)c3)CC1)n2Cc1ccc(F)cc1. The van der Waals surface area contributed by atoms with Gasteiger partial charge >= 0.3 is 6.18 Å². The number of ether oxygens (including phenoxy) is 1. The molecule has 1 aromatic heterocycles. The first-order valence-corrected chi connectivity index (χ1v) is 12.6. The molecule has 9 heteroatoms. The van der Waals surface area contributed by atoms with Crippen LogP contribution in [0.1, 0.15) is 21.6 Å². The van der Waals surface area contributed by atoms with Gasteiger partial charge in [-0.3, -0.25) is 4.79 Å². The lowest BCUT2D eigenvalue weighted by Crippen LogP contribution is -2.49. The van der Waals surface area contributed by atoms with Gasteiger partial charge in [0, 0.05) is 43.8 Å². The number of nitrogens with zero attached hydrogens (tertiary/aromatic N) is 3. The zero-order valence-electron chi connectivity index (χ0n) is 21.1. The summed E-state index contributed by atoms with van der Waals surface area (Å²) in [6.07, 6.45) is -2.77. The highest BCUT2D eigenvalue weighted by Gasteiger charge is 2.32. The molecule has 0 bridgehead atoms. The topological polar surface area (TPSA) is 37.7 Å². The summed E-state index contributed by atoms with van der Waals surface area (Å²) in [5.41, 5.74) is 1.86. The zero-order valence-corrected chi connectivity index (χ0v) is 21.1. The standard InChI is InChI=1S/C30H27F4N3O2/c1-2-17-39-28-8-4-7-26-25(28)19-27(37(26)20-21-9-11-23(31)12-10-21)29(38)36-15-13-35(14-16-36)24-6-3-5-22(18-24)30(32,33)34/h2-12,18-19H,1,13-17,20H2. The minimum absolute atomic E-state index is 0.188. The lowest BCUT2D eigenvalue weighted by atomic mass is 10.1. The van der Waals surface area contributed by atoms with E-state index in [0.29, 0.717) is 56.5 Å². The maximum atomic E-state index is 13.8. The van der Waals surface area contributed by atoms with Crippen LogP contribution >= 0.6 is 0 Å². The third kappa shape index (κ3) is 5.62. The van der Waals surface area contributed by atoms with Gasteiger partial charge in [0.25, 0.3) is 5.91 Å². The summed E-state index contributed by atoms with van der Waals surface area (Å²) in [5, 5.41) is 0.771. The Kier molecular flexibility index (Phi) is 7.32. The van der Waals surface area contributed by atoms with Crippen molar-refractivity contribution in [2.24, 2.45) is 0 Å². The van der Waals surface area contributed by atoms with E-state index in [1.54, 1.807) is 35.2 Å². The number of rotatable bonds is 7. The molecule has 1 saturated heterocycles. The highest BCUT2D eigenvalue weighted by atomic mass is 19.4. The van der Waals surface area contributed by atoms with E-state index in [1.807, 2.05) is 27.7 Å². The molecule has 0 atom stereocenters. The first-order valence-electron chi connectivity index (χ1n) is 12.6. The smallest absolute Gasteiger partial charge is 0.416 e. The number of amides is 1. The van der Waals surface area contributed by atoms with Gasteiger partial charge in [-0.05, 0) is 54.1 Å². The van der Waals surface area contributed by atoms with Crippen molar-refractivity contribution in [2.45, 2.75) is 12.7 Å². The van der Waals surface area contributed by atoms with Crippen LogP contribution in [0.5, 0.6) is 5.75 Å². The molecule has 0 N–H and O–H groups in total. The van der Waals surface area contributed by atoms with Crippen molar-refractivity contribution in [1.29, 1.82) is 0 Å². The third-order valence-electron chi connectivity index (χ3n) is 6.84. The molecule has 202 valence electrons. The van der Waals surface area contributed by atoms with E-state index < -0.39 is 11.7 Å². The highest BCUT2D eigenvalue weighted by molar-refractivity contribution is 6.00. The van der Waals surface area contributed by atoms with Crippen LogP contribution in [0.15, 0.2) is 85.5 Å². The van der Waals surface area contributed by atoms with Gasteiger partial charge in [-0.2, -0.15) is 13.2 Å². The van der Waals surface area contributed by atoms with Crippen LogP contribution in [0.4, 0.5) is 23.2 Å². The molecule has 2 heterocycles. The summed E-state index contributed by atoms with van der Waals surface area (Å²) < 4.78 is 60.8. The molecule has 1 fully saturated rings. The van der Waals surface area contributed by atoms with Gasteiger partial charge < -0.3 is 19.1 Å². The van der Waals surface area contributed by atoms with E-state index in [0.717, 1.165) is 28.6 Å². The number of piperazine rings is 1. The number of benzene rings is 3. The number of hydrogen-bond acceptors (Lipinski definition) is 3. The maximum absolute atomic E-state index is 13.8. The third-order valence-corrected chi connectivity index (χ3v) is 6.84. The van der Waals surface area contributed by atoms with E-state index in [1.165, 1.54) is 18.2 Å². The Balaban J connectivity index is 1.42. The van der Waals surface area contributed by atoms with Crippen LogP contribution in [-0.4, -0.2) is 48.2 Å². The number of hydrogen-bond donors (Lipinski definition) is 0. The quantitative estimate of drug-likeness (QED) is 0.203. The Morgan fingerprint density at radius 1 is 0.949 bits per heavy atom. The second kappa shape index (κ2) is 10.8. The lowest BCUT2D eigenvalue weighted by Gasteiger charge is -2.36. The van der Waals surface area contributed by atoms with Gasteiger partial charge in [-0.15, -0.1) is 0 Å². The van der Waals surface area contributed by atoms with E-state index >= 15 is 0 Å². The number of carbonyl (C=O) groups is 1. The van der Waals surface area contributed by atoms with Crippen molar-refractivity contribution in [2.75, 3.05) is 37.7 Å². The Morgan fingerprint density at radius 2 is 1.67 bits per heavy atom. The second-order valence-electron chi connectivity index (χ2n) is 9.36. The van der Waals surface area contributed by atoms with Crippen molar-refractivity contribution < 1.29 is 27.1 Å². The Morgan fingerprint density at radius 3 is 2.36 bits per heavy atom. The van der Waals surface area contributed by atoms with Crippen LogP contribution in [0.2, 0.25) is 0 Å². The molecule has 5 nitrogen and oxygen atoms in total. The van der Waals surface area contributed by atoms with E-state index in [9.17, 15) is 22.4 Å². The van der Waals surface area contributed by atoms with E-state index in [2.05, 4.69) is 6.58 Å². The fourth-order valence-electron chi connectivity index (χ4n) is 4.86. The number of anilines is 1. The molecule has 0 aliphatic carbocycles. The van der Waals surface area contributed by atoms with Crippen molar-refractivity contribution in [3.63, 3.8) is 0 Å². The highest BCUT2D eigenvalue weighted by Crippen LogP contribution is 2.33. The number of alkyl halides is 3. The predicted molar refractivity (Wildman–Crippen MR) is 143 cm³/mol. The number of aromatic nitrogens is 1. The van der Waals surface area contributed by atoms with Crippen molar-refractivity contribution in [3.05, 3.63) is 108 Å². The van der Waals surface area contributed by atoms with Crippen LogP contribution in [0, 0.1) is 5.82 Å². The van der Waals surface area contributed by atoms with Gasteiger partial charge in [-0.25, -0.2) is 4.39 Å². The largest absolute Gasteiger partial charge is 0.489 e. The van der Waals surface area contributed by atoms with Gasteiger partial charge in [0.1, 0.15) is 23.9 Å². The van der Waals surface area contributed by atoms with Gasteiger partial charge in [0.05, 0.1) is 11.1 Å². The second-order valence-corrected chi connectivity index (χ2v) is 9.36. The normalized spacial score (nSPS) is 14.1. The summed E-state index contributed by atoms with van der Waals surface area (Å²) in [6, 6.07) is 18.8. The minimum Gasteiger partial charge on any atom is -0.489 e. The van der Waals surface area contributed by atoms with Crippen LogP contribution in [-0.2, 0) is 12.7 Å². The molecule has 4 aromatic rings. The maximum Gasteiger partial charge on any atom is 0.416 e. The number of fused-ring (bicyclic) bond motifs is 1. The van der Waals surface area contributed by atoms with Crippen LogP contribution < -0.4 is 9.64 Å². The summed E-state index contributed by atoms with van der Waals surface area (Å²) in [7, 11) is 0. The van der Waals surface area contributed by atoms with Crippen molar-refractivity contribution in [1.82, 2.24) is 9.47 Å². The molecule has 1 aliphatic heterocycles. The molecule has 3 aromatic carbocycles. The van der Waals surface area contributed by atoms with Gasteiger partial charge in [0.15, 0.2) is 0 Å². The molecule has 5 rings (SSSR count). The molecule has 1 amide bonds. The fraction of sp³-hybridized carbons (Fsp3) is 0.233. The van der Waals surface area contributed by atoms with Crippen molar-refractivity contribution in [3.8, 4) is 5.75 Å². The van der Waals surface area contributed by atoms with E-state index in [-0.39, 0.29) is 11.7 Å². The first kappa shape index (κ1) is 26.3. The summed E-state index contributed by atoms with van der Waals surface area (Å²) in [5.74, 6) is 0.0894. The molecular weight excluding hydrogens is 510 g/mol. The predicted octanol–water partition coefficient (Wildman–Crippen LogP) is 6.37. The molecule has 0 unspecified atom stereocenters. The Hall–Kier alpha value is -4.27. The summed E-state index contributed by atoms with van der Waals surface area (Å²) >= 11 is 0. The first-order chi connectivity index (χ1) is 18.7. The molecule has 0 spiro atoms. The van der Waals surface area contributed by atoms with Gasteiger partial charge in [0.2, 0.25) is 0 Å². The van der Waals surface area contributed by atoms with Crippen LogP contribution in [0.3, 0.4) is 0 Å². The minimum atomic E-state index is -4.42. The zero-order chi connectivity index (χ0) is 27.6. The Labute approximate surface area is 223 Å². The van der Waals surface area contributed by atoms with E-state index in [4.69, 9.17) is 4.74 Å². The lowest BCUT2D eigenvalue weighted by molar-refractivity contribution is -0.137. The molecular formula is C30H27F4N3O2. The molecule has 39 heavy (non-hydrogen) atoms. The summed E-state index contributed by atoms with van der Waals surface area (Å²) in [4.78, 5) is 17.4.